The molecule has 0 saturated carbocycles. The van der Waals surface area contributed by atoms with Crippen molar-refractivity contribution in [1.82, 2.24) is 4.90 Å². The molecule has 110 valence electrons. The summed E-state index contributed by atoms with van der Waals surface area (Å²) in [7, 11) is 0. The van der Waals surface area contributed by atoms with E-state index >= 15 is 0 Å². The van der Waals surface area contributed by atoms with Crippen LogP contribution >= 0.6 is 67.8 Å². The highest BCUT2D eigenvalue weighted by Crippen LogP contribution is 2.27. The molecule has 1 N–H and O–H groups in total. The van der Waals surface area contributed by atoms with Gasteiger partial charge in [0.2, 0.25) is 0 Å². The largest absolute Gasteiger partial charge is 0.396 e. The Morgan fingerprint density at radius 3 is 2.75 bits per heavy atom. The van der Waals surface area contributed by atoms with Crippen molar-refractivity contribution in [3.63, 3.8) is 0 Å². The van der Waals surface area contributed by atoms with Gasteiger partial charge in [0.1, 0.15) is 0 Å². The van der Waals surface area contributed by atoms with Crippen molar-refractivity contribution in [3.8, 4) is 0 Å². The summed E-state index contributed by atoms with van der Waals surface area (Å²) in [5, 5.41) is 9.19. The summed E-state index contributed by atoms with van der Waals surface area (Å²) in [5.74, 6) is 0.115. The molecule has 2 rings (SSSR count). The number of amides is 1. The minimum Gasteiger partial charge on any atom is -0.396 e. The second-order valence-electron chi connectivity index (χ2n) is 4.91. The zero-order valence-corrected chi connectivity index (χ0v) is 17.4. The predicted octanol–water partition coefficient (Wildman–Crippen LogP) is 3.88. The summed E-state index contributed by atoms with van der Waals surface area (Å²) in [5.41, 5.74) is 0.798. The highest BCUT2D eigenvalue weighted by molar-refractivity contribution is 14.1. The van der Waals surface area contributed by atoms with Crippen molar-refractivity contribution in [1.29, 1.82) is 0 Å². The molecule has 1 heterocycles. The first kappa shape index (κ1) is 17.2. The summed E-state index contributed by atoms with van der Waals surface area (Å²) < 4.78 is 3.24. The number of aliphatic hydroxyl groups is 1. The molecular formula is C14H16I3NO2. The number of benzene rings is 1. The summed E-state index contributed by atoms with van der Waals surface area (Å²) >= 11 is 6.79. The maximum atomic E-state index is 12.8. The van der Waals surface area contributed by atoms with Gasteiger partial charge in [-0.3, -0.25) is 4.79 Å². The number of likely N-dealkylation sites (tertiary alicyclic amines) is 1. The van der Waals surface area contributed by atoms with Crippen LogP contribution in [0.1, 0.15) is 36.0 Å². The molecule has 1 aliphatic rings. The van der Waals surface area contributed by atoms with E-state index in [1.165, 1.54) is 0 Å². The molecule has 0 spiro atoms. The van der Waals surface area contributed by atoms with Crippen LogP contribution in [0.3, 0.4) is 0 Å². The van der Waals surface area contributed by atoms with Gasteiger partial charge in [0, 0.05) is 29.9 Å². The van der Waals surface area contributed by atoms with Gasteiger partial charge in [-0.1, -0.05) is 0 Å². The average Bonchev–Trinajstić information content (AvgIpc) is 2.43. The number of halogens is 3. The zero-order chi connectivity index (χ0) is 14.7. The molecule has 1 fully saturated rings. The van der Waals surface area contributed by atoms with Crippen molar-refractivity contribution < 1.29 is 9.90 Å². The fraction of sp³-hybridized carbons (Fsp3) is 0.500. The molecule has 1 unspecified atom stereocenters. The molecule has 6 heteroatoms. The number of aliphatic hydroxyl groups excluding tert-OH is 1. The van der Waals surface area contributed by atoms with Crippen molar-refractivity contribution >= 4 is 73.7 Å². The van der Waals surface area contributed by atoms with Gasteiger partial charge < -0.3 is 10.0 Å². The Morgan fingerprint density at radius 1 is 1.30 bits per heavy atom. The Morgan fingerprint density at radius 2 is 2.05 bits per heavy atom. The maximum absolute atomic E-state index is 12.8. The van der Waals surface area contributed by atoms with E-state index in [4.69, 9.17) is 0 Å². The van der Waals surface area contributed by atoms with Gasteiger partial charge in [-0.2, -0.15) is 0 Å². The van der Waals surface area contributed by atoms with Gasteiger partial charge in [0.05, 0.1) is 5.56 Å². The van der Waals surface area contributed by atoms with Crippen molar-refractivity contribution in [2.24, 2.45) is 0 Å². The van der Waals surface area contributed by atoms with E-state index in [1.54, 1.807) is 0 Å². The minimum atomic E-state index is 0.115. The molecule has 20 heavy (non-hydrogen) atoms. The highest BCUT2D eigenvalue weighted by atomic mass is 127. The third-order valence-corrected chi connectivity index (χ3v) is 7.24. The fourth-order valence-electron chi connectivity index (χ4n) is 2.58. The zero-order valence-electron chi connectivity index (χ0n) is 10.9. The Balaban J connectivity index is 2.29. The van der Waals surface area contributed by atoms with Crippen LogP contribution in [-0.2, 0) is 0 Å². The molecule has 0 aliphatic carbocycles. The second kappa shape index (κ2) is 7.91. The normalized spacial score (nSPS) is 19.2. The van der Waals surface area contributed by atoms with Crippen molar-refractivity contribution in [2.45, 2.75) is 31.7 Å². The Hall–Kier alpha value is 0.840. The molecule has 1 aromatic rings. The maximum Gasteiger partial charge on any atom is 0.255 e. The summed E-state index contributed by atoms with van der Waals surface area (Å²) in [6.07, 6.45) is 3.90. The van der Waals surface area contributed by atoms with Crippen LogP contribution in [-0.4, -0.2) is 35.1 Å². The second-order valence-corrected chi connectivity index (χ2v) is 8.40. The smallest absolute Gasteiger partial charge is 0.255 e. The van der Waals surface area contributed by atoms with Crippen LogP contribution in [0.4, 0.5) is 0 Å². The topological polar surface area (TPSA) is 40.5 Å². The van der Waals surface area contributed by atoms with Crippen molar-refractivity contribution in [2.75, 3.05) is 13.2 Å². The lowest BCUT2D eigenvalue weighted by Gasteiger charge is -2.36. The van der Waals surface area contributed by atoms with Gasteiger partial charge >= 0.3 is 0 Å². The van der Waals surface area contributed by atoms with E-state index in [-0.39, 0.29) is 18.6 Å². The van der Waals surface area contributed by atoms with Crippen molar-refractivity contribution in [3.05, 3.63) is 28.4 Å². The molecule has 1 saturated heterocycles. The lowest BCUT2D eigenvalue weighted by atomic mass is 9.98. The van der Waals surface area contributed by atoms with Crippen LogP contribution in [0.5, 0.6) is 0 Å². The van der Waals surface area contributed by atoms with Crippen LogP contribution in [0, 0.1) is 10.7 Å². The number of hydrogen-bond donors (Lipinski definition) is 1. The van der Waals surface area contributed by atoms with E-state index in [0.717, 1.165) is 42.1 Å². The third kappa shape index (κ3) is 3.97. The lowest BCUT2D eigenvalue weighted by Crippen LogP contribution is -2.44. The van der Waals surface area contributed by atoms with Gasteiger partial charge in [0.15, 0.2) is 0 Å². The monoisotopic (exact) mass is 611 g/mol. The van der Waals surface area contributed by atoms with E-state index in [1.807, 2.05) is 11.0 Å². The molecule has 1 aliphatic heterocycles. The standard InChI is InChI=1S/C14H16I3NO2/c15-9-7-11(13(17)12(16)8-9)14(20)18-5-2-1-3-10(18)4-6-19/h7-8,10,19H,1-6H2. The Labute approximate surface area is 160 Å². The molecule has 0 bridgehead atoms. The SMILES string of the molecule is O=C(c1cc(I)cc(I)c1I)N1CCCCC1CCO. The quantitative estimate of drug-likeness (QED) is 0.417. The predicted molar refractivity (Wildman–Crippen MR) is 105 cm³/mol. The Kier molecular flexibility index (Phi) is 6.80. The molecule has 1 aromatic carbocycles. The fourth-order valence-corrected chi connectivity index (χ4v) is 4.97. The number of piperidine rings is 1. The molecular weight excluding hydrogens is 595 g/mol. The highest BCUT2D eigenvalue weighted by Gasteiger charge is 2.28. The molecule has 3 nitrogen and oxygen atoms in total. The number of hydrogen-bond acceptors (Lipinski definition) is 2. The average molecular weight is 611 g/mol. The van der Waals surface area contributed by atoms with Crippen LogP contribution < -0.4 is 0 Å². The number of nitrogens with zero attached hydrogens (tertiary/aromatic N) is 1. The van der Waals surface area contributed by atoms with Gasteiger partial charge in [-0.05, 0) is 106 Å². The lowest BCUT2D eigenvalue weighted by molar-refractivity contribution is 0.0573. The Bertz CT molecular complexity index is 505. The van der Waals surface area contributed by atoms with Crippen LogP contribution in [0.2, 0.25) is 0 Å². The summed E-state index contributed by atoms with van der Waals surface area (Å²) in [6, 6.07) is 4.24. The van der Waals surface area contributed by atoms with Gasteiger partial charge in [0.25, 0.3) is 5.91 Å². The number of rotatable bonds is 3. The molecule has 0 radical (unpaired) electrons. The van der Waals surface area contributed by atoms with Crippen LogP contribution in [0.25, 0.3) is 0 Å². The summed E-state index contributed by atoms with van der Waals surface area (Å²) in [4.78, 5) is 14.8. The molecule has 1 atom stereocenters. The number of carbonyl (C=O) groups is 1. The first-order valence-corrected chi connectivity index (χ1v) is 9.84. The first-order chi connectivity index (χ1) is 9.54. The van der Waals surface area contributed by atoms with E-state index in [9.17, 15) is 9.90 Å². The van der Waals surface area contributed by atoms with Crippen LogP contribution in [0.15, 0.2) is 12.1 Å². The third-order valence-electron chi connectivity index (χ3n) is 3.57. The van der Waals surface area contributed by atoms with E-state index in [0.29, 0.717) is 6.42 Å². The first-order valence-electron chi connectivity index (χ1n) is 6.61. The van der Waals surface area contributed by atoms with Gasteiger partial charge in [-0.25, -0.2) is 0 Å². The van der Waals surface area contributed by atoms with E-state index in [2.05, 4.69) is 73.8 Å². The molecule has 1 amide bonds. The summed E-state index contributed by atoms with van der Waals surface area (Å²) in [6.45, 7) is 0.955. The number of carbonyl (C=O) groups excluding carboxylic acids is 1. The van der Waals surface area contributed by atoms with Gasteiger partial charge in [-0.15, -0.1) is 0 Å². The minimum absolute atomic E-state index is 0.115. The molecule has 0 aromatic heterocycles. The van der Waals surface area contributed by atoms with E-state index < -0.39 is 0 Å².